The van der Waals surface area contributed by atoms with Crippen molar-refractivity contribution >= 4 is 17.2 Å². The number of carbonyl (C=O) groups excluding carboxylic acids is 1. The number of likely N-dealkylation sites (tertiary alicyclic amines) is 1. The summed E-state index contributed by atoms with van der Waals surface area (Å²) in [5, 5.41) is 6.31. The Labute approximate surface area is 139 Å². The van der Waals surface area contributed by atoms with E-state index in [9.17, 15) is 4.79 Å². The average molecular weight is 332 g/mol. The summed E-state index contributed by atoms with van der Waals surface area (Å²) in [6.45, 7) is 2.26. The third-order valence-corrected chi connectivity index (χ3v) is 5.69. The molecule has 122 valence electrons. The Hall–Kier alpha value is -1.73. The fourth-order valence-electron chi connectivity index (χ4n) is 3.48. The zero-order valence-corrected chi connectivity index (χ0v) is 13.7. The van der Waals surface area contributed by atoms with Gasteiger partial charge in [-0.25, -0.2) is 9.67 Å². The molecule has 4 rings (SSSR count). The van der Waals surface area contributed by atoms with Crippen molar-refractivity contribution in [3.8, 4) is 0 Å². The zero-order valence-electron chi connectivity index (χ0n) is 12.9. The molecule has 0 aliphatic carbocycles. The van der Waals surface area contributed by atoms with Crippen molar-refractivity contribution in [3.63, 3.8) is 0 Å². The number of aromatic nitrogens is 3. The Morgan fingerprint density at radius 3 is 3.30 bits per heavy atom. The largest absolute Gasteiger partial charge is 0.373 e. The van der Waals surface area contributed by atoms with Crippen molar-refractivity contribution in [2.24, 2.45) is 0 Å². The van der Waals surface area contributed by atoms with Gasteiger partial charge in [-0.2, -0.15) is 5.10 Å². The van der Waals surface area contributed by atoms with Crippen LogP contribution in [0.5, 0.6) is 0 Å². The molecule has 2 aromatic rings. The van der Waals surface area contributed by atoms with Gasteiger partial charge in [0.05, 0.1) is 25.2 Å². The molecule has 0 spiro atoms. The van der Waals surface area contributed by atoms with Gasteiger partial charge >= 0.3 is 0 Å². The number of ether oxygens (including phenoxy) is 1. The predicted octanol–water partition coefficient (Wildman–Crippen LogP) is 2.21. The first-order chi connectivity index (χ1) is 11.3. The van der Waals surface area contributed by atoms with Crippen molar-refractivity contribution in [1.82, 2.24) is 19.7 Å². The van der Waals surface area contributed by atoms with Crippen molar-refractivity contribution in [2.45, 2.75) is 37.8 Å². The van der Waals surface area contributed by atoms with Crippen LogP contribution in [0.4, 0.5) is 0 Å². The Morgan fingerprint density at radius 1 is 1.48 bits per heavy atom. The van der Waals surface area contributed by atoms with E-state index in [0.29, 0.717) is 19.6 Å². The fourth-order valence-corrected chi connectivity index (χ4v) is 4.40. The van der Waals surface area contributed by atoms with Crippen LogP contribution >= 0.6 is 11.3 Å². The lowest BCUT2D eigenvalue weighted by molar-refractivity contribution is -0.136. The highest BCUT2D eigenvalue weighted by atomic mass is 32.1. The summed E-state index contributed by atoms with van der Waals surface area (Å²) >= 11 is 1.77. The Kier molecular flexibility index (Phi) is 4.13. The predicted molar refractivity (Wildman–Crippen MR) is 86.2 cm³/mol. The topological polar surface area (TPSA) is 60.2 Å². The molecule has 0 bridgehead atoms. The molecule has 4 heterocycles. The average Bonchev–Trinajstić information content (AvgIpc) is 3.27. The second kappa shape index (κ2) is 6.41. The van der Waals surface area contributed by atoms with Crippen LogP contribution in [-0.2, 0) is 16.0 Å². The van der Waals surface area contributed by atoms with E-state index in [2.05, 4.69) is 21.5 Å². The van der Waals surface area contributed by atoms with Crippen LogP contribution in [0.2, 0.25) is 0 Å². The van der Waals surface area contributed by atoms with E-state index < -0.39 is 0 Å². The molecule has 0 radical (unpaired) electrons. The zero-order chi connectivity index (χ0) is 15.6. The summed E-state index contributed by atoms with van der Waals surface area (Å²) in [6, 6.07) is 2.34. The highest BCUT2D eigenvalue weighted by Crippen LogP contribution is 2.34. The minimum absolute atomic E-state index is 0.0794. The van der Waals surface area contributed by atoms with E-state index in [-0.39, 0.29) is 18.1 Å². The summed E-state index contributed by atoms with van der Waals surface area (Å²) in [4.78, 5) is 20.1. The normalized spacial score (nSPS) is 24.4. The molecule has 2 aliphatic rings. The van der Waals surface area contributed by atoms with Crippen molar-refractivity contribution in [3.05, 3.63) is 34.5 Å². The molecule has 2 aliphatic heterocycles. The van der Waals surface area contributed by atoms with Gasteiger partial charge in [0.25, 0.3) is 0 Å². The van der Waals surface area contributed by atoms with Crippen LogP contribution in [0.15, 0.2) is 24.1 Å². The van der Waals surface area contributed by atoms with Crippen LogP contribution in [0.1, 0.15) is 41.8 Å². The smallest absolute Gasteiger partial charge is 0.225 e. The standard InChI is InChI=1S/C16H20N4O2S/c21-16(8-14-13-4-7-23-15(13)3-6-22-14)19-5-1-2-12(9-19)20-11-17-10-18-20/h4,7,10-12,14H,1-3,5-6,8-9H2/t12-,14+/m1/s1. The number of amides is 1. The summed E-state index contributed by atoms with van der Waals surface area (Å²) in [7, 11) is 0. The van der Waals surface area contributed by atoms with E-state index in [4.69, 9.17) is 4.74 Å². The van der Waals surface area contributed by atoms with Crippen LogP contribution in [0.25, 0.3) is 0 Å². The van der Waals surface area contributed by atoms with Gasteiger partial charge in [-0.15, -0.1) is 11.3 Å². The van der Waals surface area contributed by atoms with Crippen LogP contribution < -0.4 is 0 Å². The third-order valence-electron chi connectivity index (χ3n) is 4.69. The molecule has 2 atom stereocenters. The lowest BCUT2D eigenvalue weighted by Gasteiger charge is -2.34. The number of rotatable bonds is 3. The van der Waals surface area contributed by atoms with Gasteiger partial charge in [-0.3, -0.25) is 4.79 Å². The number of nitrogens with zero attached hydrogens (tertiary/aromatic N) is 4. The highest BCUT2D eigenvalue weighted by Gasteiger charge is 2.29. The van der Waals surface area contributed by atoms with Gasteiger partial charge < -0.3 is 9.64 Å². The fraction of sp³-hybridized carbons (Fsp3) is 0.562. The molecule has 0 unspecified atom stereocenters. The van der Waals surface area contributed by atoms with Gasteiger partial charge in [0.15, 0.2) is 0 Å². The molecule has 6 nitrogen and oxygen atoms in total. The molecule has 2 aromatic heterocycles. The Balaban J connectivity index is 1.42. The Morgan fingerprint density at radius 2 is 2.43 bits per heavy atom. The number of thiophene rings is 1. The van der Waals surface area contributed by atoms with Crippen molar-refractivity contribution in [2.75, 3.05) is 19.7 Å². The van der Waals surface area contributed by atoms with E-state index in [1.54, 1.807) is 24.0 Å². The molecule has 23 heavy (non-hydrogen) atoms. The lowest BCUT2D eigenvalue weighted by atomic mass is 10.0. The Bertz CT molecular complexity index is 669. The molecule has 1 amide bonds. The van der Waals surface area contributed by atoms with Gasteiger partial charge in [0, 0.05) is 24.4 Å². The minimum atomic E-state index is -0.0794. The molecule has 0 N–H and O–H groups in total. The first-order valence-corrected chi connectivity index (χ1v) is 8.99. The number of carbonyl (C=O) groups is 1. The number of hydrogen-bond acceptors (Lipinski definition) is 5. The summed E-state index contributed by atoms with van der Waals surface area (Å²) < 4.78 is 7.72. The maximum absolute atomic E-state index is 12.7. The van der Waals surface area contributed by atoms with Crippen LogP contribution in [-0.4, -0.2) is 45.3 Å². The molecule has 0 saturated carbocycles. The van der Waals surface area contributed by atoms with Crippen LogP contribution in [0, 0.1) is 0 Å². The monoisotopic (exact) mass is 332 g/mol. The number of hydrogen-bond donors (Lipinski definition) is 0. The number of piperidine rings is 1. The van der Waals surface area contributed by atoms with E-state index >= 15 is 0 Å². The van der Waals surface area contributed by atoms with Gasteiger partial charge in [0.2, 0.25) is 5.91 Å². The van der Waals surface area contributed by atoms with E-state index in [0.717, 1.165) is 25.8 Å². The summed E-state index contributed by atoms with van der Waals surface area (Å²) in [6.07, 6.45) is 6.66. The first-order valence-electron chi connectivity index (χ1n) is 8.11. The van der Waals surface area contributed by atoms with E-state index in [1.165, 1.54) is 10.4 Å². The molecule has 1 saturated heterocycles. The van der Waals surface area contributed by atoms with Crippen molar-refractivity contribution in [1.29, 1.82) is 0 Å². The quantitative estimate of drug-likeness (QED) is 0.864. The van der Waals surface area contributed by atoms with Crippen molar-refractivity contribution < 1.29 is 9.53 Å². The molecule has 7 heteroatoms. The molecular weight excluding hydrogens is 312 g/mol. The molecule has 0 aromatic carbocycles. The lowest BCUT2D eigenvalue weighted by Crippen LogP contribution is -2.41. The molecular formula is C16H20N4O2S. The maximum Gasteiger partial charge on any atom is 0.225 e. The van der Waals surface area contributed by atoms with Gasteiger partial charge in [-0.1, -0.05) is 0 Å². The van der Waals surface area contributed by atoms with Crippen LogP contribution in [0.3, 0.4) is 0 Å². The summed E-state index contributed by atoms with van der Waals surface area (Å²) in [5.74, 6) is 0.180. The van der Waals surface area contributed by atoms with E-state index in [1.807, 2.05) is 9.58 Å². The minimum Gasteiger partial charge on any atom is -0.373 e. The summed E-state index contributed by atoms with van der Waals surface area (Å²) in [5.41, 5.74) is 1.21. The highest BCUT2D eigenvalue weighted by molar-refractivity contribution is 7.10. The number of fused-ring (bicyclic) bond motifs is 1. The SMILES string of the molecule is O=C(C[C@@H]1OCCc2sccc21)N1CCC[C@@H](n2cncn2)C1. The second-order valence-electron chi connectivity index (χ2n) is 6.12. The maximum atomic E-state index is 12.7. The van der Waals surface area contributed by atoms with Gasteiger partial charge in [-0.05, 0) is 29.9 Å². The first kappa shape index (κ1) is 14.8. The molecule has 1 fully saturated rings. The van der Waals surface area contributed by atoms with Gasteiger partial charge in [0.1, 0.15) is 12.7 Å². The second-order valence-corrected chi connectivity index (χ2v) is 7.12. The third kappa shape index (κ3) is 3.03.